The molecule has 2 heteroatoms. The number of fused-ring (bicyclic) bond motifs is 4. The molecule has 2 atom stereocenters. The van der Waals surface area contributed by atoms with Crippen LogP contribution in [0.4, 0.5) is 0 Å². The SMILES string of the molecule is Cc1ccc2c(c1)C1(C(C)C)CCC(C)(O2)O1. The van der Waals surface area contributed by atoms with Gasteiger partial charge in [0.25, 0.3) is 0 Å². The molecule has 2 aliphatic rings. The Morgan fingerprint density at radius 2 is 2.00 bits per heavy atom. The van der Waals surface area contributed by atoms with Crippen molar-refractivity contribution in [2.75, 3.05) is 0 Å². The van der Waals surface area contributed by atoms with Crippen LogP contribution in [0.1, 0.15) is 44.7 Å². The number of rotatable bonds is 1. The molecule has 0 radical (unpaired) electrons. The van der Waals surface area contributed by atoms with Crippen molar-refractivity contribution in [1.29, 1.82) is 0 Å². The van der Waals surface area contributed by atoms with Crippen LogP contribution in [-0.4, -0.2) is 5.79 Å². The largest absolute Gasteiger partial charge is 0.462 e. The molecule has 3 rings (SSSR count). The van der Waals surface area contributed by atoms with E-state index in [1.807, 2.05) is 0 Å². The minimum Gasteiger partial charge on any atom is -0.462 e. The van der Waals surface area contributed by atoms with Gasteiger partial charge < -0.3 is 9.47 Å². The van der Waals surface area contributed by atoms with Gasteiger partial charge in [-0.05, 0) is 31.4 Å². The smallest absolute Gasteiger partial charge is 0.208 e. The molecule has 2 nitrogen and oxygen atoms in total. The molecule has 0 saturated carbocycles. The van der Waals surface area contributed by atoms with Crippen molar-refractivity contribution in [3.8, 4) is 5.75 Å². The monoisotopic (exact) mass is 232 g/mol. The molecule has 1 aromatic carbocycles. The Balaban J connectivity index is 2.21. The predicted octanol–water partition coefficient (Wildman–Crippen LogP) is 3.77. The highest BCUT2D eigenvalue weighted by Crippen LogP contribution is 2.56. The molecule has 17 heavy (non-hydrogen) atoms. The van der Waals surface area contributed by atoms with Crippen LogP contribution in [0.3, 0.4) is 0 Å². The molecule has 92 valence electrons. The second-order valence-electron chi connectivity index (χ2n) is 5.88. The van der Waals surface area contributed by atoms with Crippen molar-refractivity contribution in [2.24, 2.45) is 5.92 Å². The number of hydrogen-bond donors (Lipinski definition) is 0. The molecule has 0 aromatic heterocycles. The maximum Gasteiger partial charge on any atom is 0.208 e. The topological polar surface area (TPSA) is 18.5 Å². The van der Waals surface area contributed by atoms with Crippen molar-refractivity contribution in [3.05, 3.63) is 29.3 Å². The zero-order valence-corrected chi connectivity index (χ0v) is 11.0. The Morgan fingerprint density at radius 1 is 1.24 bits per heavy atom. The highest BCUT2D eigenvalue weighted by Gasteiger charge is 2.55. The summed E-state index contributed by atoms with van der Waals surface area (Å²) in [6, 6.07) is 6.43. The van der Waals surface area contributed by atoms with Crippen LogP contribution in [0.25, 0.3) is 0 Å². The van der Waals surface area contributed by atoms with E-state index in [-0.39, 0.29) is 5.60 Å². The van der Waals surface area contributed by atoms with Crippen LogP contribution >= 0.6 is 0 Å². The van der Waals surface area contributed by atoms with Crippen LogP contribution in [0.5, 0.6) is 5.75 Å². The minimum absolute atomic E-state index is 0.144. The summed E-state index contributed by atoms with van der Waals surface area (Å²) < 4.78 is 12.3. The number of ether oxygens (including phenoxy) is 2. The molecule has 2 aliphatic heterocycles. The molecule has 0 aliphatic carbocycles. The highest BCUT2D eigenvalue weighted by molar-refractivity contribution is 5.44. The summed E-state index contributed by atoms with van der Waals surface area (Å²) in [7, 11) is 0. The quantitative estimate of drug-likeness (QED) is 0.734. The molecule has 0 spiro atoms. The summed E-state index contributed by atoms with van der Waals surface area (Å²) in [5.74, 6) is 1.05. The van der Waals surface area contributed by atoms with Crippen LogP contribution in [0.2, 0.25) is 0 Å². The van der Waals surface area contributed by atoms with Gasteiger partial charge in [-0.2, -0.15) is 0 Å². The molecule has 2 bridgehead atoms. The first-order valence-electron chi connectivity index (χ1n) is 6.46. The molecule has 2 heterocycles. The number of hydrogen-bond acceptors (Lipinski definition) is 2. The van der Waals surface area contributed by atoms with Gasteiger partial charge in [0, 0.05) is 18.9 Å². The minimum atomic E-state index is -0.424. The summed E-state index contributed by atoms with van der Waals surface area (Å²) >= 11 is 0. The third-order valence-electron chi connectivity index (χ3n) is 4.20. The maximum atomic E-state index is 6.29. The first kappa shape index (κ1) is 11.1. The van der Waals surface area contributed by atoms with Gasteiger partial charge in [0.15, 0.2) is 0 Å². The van der Waals surface area contributed by atoms with E-state index in [2.05, 4.69) is 45.9 Å². The van der Waals surface area contributed by atoms with Crippen molar-refractivity contribution in [2.45, 2.75) is 51.9 Å². The van der Waals surface area contributed by atoms with Crippen LogP contribution in [0, 0.1) is 12.8 Å². The lowest BCUT2D eigenvalue weighted by atomic mass is 9.80. The summed E-state index contributed by atoms with van der Waals surface area (Å²) in [6.45, 7) is 8.66. The Morgan fingerprint density at radius 3 is 2.71 bits per heavy atom. The summed E-state index contributed by atoms with van der Waals surface area (Å²) in [4.78, 5) is 0. The van der Waals surface area contributed by atoms with E-state index in [0.717, 1.165) is 18.6 Å². The molecule has 0 N–H and O–H groups in total. The van der Waals surface area contributed by atoms with Gasteiger partial charge in [-0.3, -0.25) is 0 Å². The average Bonchev–Trinajstić information content (AvgIpc) is 2.55. The molecular weight excluding hydrogens is 212 g/mol. The van der Waals surface area contributed by atoms with Crippen LogP contribution < -0.4 is 4.74 Å². The Labute approximate surface area is 103 Å². The van der Waals surface area contributed by atoms with E-state index in [0.29, 0.717) is 5.92 Å². The standard InChI is InChI=1S/C15H20O2/c1-10(2)15-8-7-14(4,17-15)16-13-6-5-11(3)9-12(13)15/h5-6,9-10H,7-8H2,1-4H3. The molecule has 1 saturated heterocycles. The summed E-state index contributed by atoms with van der Waals surface area (Å²) in [5, 5.41) is 0. The van der Waals surface area contributed by atoms with Gasteiger partial charge in [0.05, 0.1) is 0 Å². The van der Waals surface area contributed by atoms with Gasteiger partial charge >= 0.3 is 0 Å². The lowest BCUT2D eigenvalue weighted by Gasteiger charge is -2.42. The Bertz CT molecular complexity index is 466. The van der Waals surface area contributed by atoms with E-state index in [4.69, 9.17) is 9.47 Å². The van der Waals surface area contributed by atoms with E-state index in [1.165, 1.54) is 11.1 Å². The van der Waals surface area contributed by atoms with E-state index < -0.39 is 5.79 Å². The summed E-state index contributed by atoms with van der Waals surface area (Å²) in [6.07, 6.45) is 2.02. The van der Waals surface area contributed by atoms with Gasteiger partial charge in [-0.25, -0.2) is 0 Å². The fourth-order valence-corrected chi connectivity index (χ4v) is 3.18. The first-order chi connectivity index (χ1) is 7.95. The predicted molar refractivity (Wildman–Crippen MR) is 67.0 cm³/mol. The lowest BCUT2D eigenvalue weighted by molar-refractivity contribution is -0.230. The fourth-order valence-electron chi connectivity index (χ4n) is 3.18. The van der Waals surface area contributed by atoms with Gasteiger partial charge in [0.1, 0.15) is 11.4 Å². The van der Waals surface area contributed by atoms with Crippen molar-refractivity contribution in [1.82, 2.24) is 0 Å². The molecule has 0 amide bonds. The number of aryl methyl sites for hydroxylation is 1. The van der Waals surface area contributed by atoms with Gasteiger partial charge in [-0.15, -0.1) is 0 Å². The third-order valence-corrected chi connectivity index (χ3v) is 4.20. The zero-order valence-electron chi connectivity index (χ0n) is 11.0. The van der Waals surface area contributed by atoms with Gasteiger partial charge in [0.2, 0.25) is 5.79 Å². The molecule has 1 aromatic rings. The van der Waals surface area contributed by atoms with Crippen molar-refractivity contribution >= 4 is 0 Å². The van der Waals surface area contributed by atoms with Crippen molar-refractivity contribution < 1.29 is 9.47 Å². The first-order valence-corrected chi connectivity index (χ1v) is 6.46. The van der Waals surface area contributed by atoms with Crippen LogP contribution in [0.15, 0.2) is 18.2 Å². The van der Waals surface area contributed by atoms with E-state index >= 15 is 0 Å². The second-order valence-corrected chi connectivity index (χ2v) is 5.88. The lowest BCUT2D eigenvalue weighted by Crippen LogP contribution is -2.43. The molecule has 2 unspecified atom stereocenters. The molecule has 1 fully saturated rings. The maximum absolute atomic E-state index is 6.29. The zero-order chi connectivity index (χ0) is 12.3. The Kier molecular flexibility index (Phi) is 2.13. The third kappa shape index (κ3) is 1.43. The summed E-state index contributed by atoms with van der Waals surface area (Å²) in [5.41, 5.74) is 2.36. The highest BCUT2D eigenvalue weighted by atomic mass is 16.7. The number of benzene rings is 1. The molecular formula is C15H20O2. The van der Waals surface area contributed by atoms with Gasteiger partial charge in [-0.1, -0.05) is 25.5 Å². The van der Waals surface area contributed by atoms with E-state index in [9.17, 15) is 0 Å². The average molecular weight is 232 g/mol. The Hall–Kier alpha value is -1.02. The normalized spacial score (nSPS) is 34.6. The van der Waals surface area contributed by atoms with Crippen LogP contribution in [-0.2, 0) is 10.3 Å². The van der Waals surface area contributed by atoms with Crippen molar-refractivity contribution in [3.63, 3.8) is 0 Å². The van der Waals surface area contributed by atoms with E-state index in [1.54, 1.807) is 0 Å². The fraction of sp³-hybridized carbons (Fsp3) is 0.600. The second kappa shape index (κ2) is 3.26.